The maximum Gasteiger partial charge on any atom is 0.322 e. The second-order valence-corrected chi connectivity index (χ2v) is 8.91. The van der Waals surface area contributed by atoms with Crippen molar-refractivity contribution < 1.29 is 18.2 Å². The van der Waals surface area contributed by atoms with E-state index in [9.17, 15) is 13.8 Å². The SMILES string of the molecule is O=C1NC(=O)C2(CCCC2CNS(=O)c2ccc(-c3cc4ccccc4o3)nc2)N1. The highest BCUT2D eigenvalue weighted by molar-refractivity contribution is 7.83. The van der Waals surface area contributed by atoms with Gasteiger partial charge in [0, 0.05) is 24.0 Å². The molecule has 2 fully saturated rings. The Balaban J connectivity index is 1.26. The number of aromatic nitrogens is 1. The minimum absolute atomic E-state index is 0.115. The number of amides is 3. The van der Waals surface area contributed by atoms with E-state index in [2.05, 4.69) is 20.3 Å². The Hall–Kier alpha value is -3.04. The minimum atomic E-state index is -1.48. The molecule has 5 rings (SSSR count). The summed E-state index contributed by atoms with van der Waals surface area (Å²) in [6.45, 7) is 0.353. The summed E-state index contributed by atoms with van der Waals surface area (Å²) in [5.41, 5.74) is 0.557. The molecule has 154 valence electrons. The molecule has 3 N–H and O–H groups in total. The van der Waals surface area contributed by atoms with Gasteiger partial charge in [-0.25, -0.2) is 13.7 Å². The first-order chi connectivity index (χ1) is 14.5. The van der Waals surface area contributed by atoms with Crippen LogP contribution in [0, 0.1) is 5.92 Å². The Kier molecular flexibility index (Phi) is 4.63. The molecular formula is C21H20N4O4S. The molecule has 1 aliphatic carbocycles. The second-order valence-electron chi connectivity index (χ2n) is 7.61. The summed E-state index contributed by atoms with van der Waals surface area (Å²) >= 11 is 0. The van der Waals surface area contributed by atoms with Crippen LogP contribution in [0.15, 0.2) is 58.0 Å². The third-order valence-corrected chi connectivity index (χ3v) is 6.98. The molecule has 8 nitrogen and oxygen atoms in total. The summed E-state index contributed by atoms with van der Waals surface area (Å²) in [5, 5.41) is 6.08. The highest BCUT2D eigenvalue weighted by Crippen LogP contribution is 2.37. The van der Waals surface area contributed by atoms with Gasteiger partial charge in [-0.15, -0.1) is 0 Å². The summed E-state index contributed by atoms with van der Waals surface area (Å²) in [4.78, 5) is 28.8. The number of nitrogens with one attached hydrogen (secondary N) is 3. The molecule has 3 unspecified atom stereocenters. The molecule has 3 atom stereocenters. The number of benzene rings is 1. The molecule has 9 heteroatoms. The topological polar surface area (TPSA) is 113 Å². The summed E-state index contributed by atoms with van der Waals surface area (Å²) in [6.07, 6.45) is 3.76. The molecule has 1 saturated heterocycles. The smallest absolute Gasteiger partial charge is 0.322 e. The lowest BCUT2D eigenvalue weighted by molar-refractivity contribution is -0.125. The van der Waals surface area contributed by atoms with Crippen molar-refractivity contribution in [3.05, 3.63) is 48.7 Å². The number of fused-ring (bicyclic) bond motifs is 1. The van der Waals surface area contributed by atoms with E-state index in [0.29, 0.717) is 29.3 Å². The van der Waals surface area contributed by atoms with E-state index >= 15 is 0 Å². The van der Waals surface area contributed by atoms with Crippen LogP contribution in [0.3, 0.4) is 0 Å². The largest absolute Gasteiger partial charge is 0.454 e. The van der Waals surface area contributed by atoms with Crippen LogP contribution in [-0.2, 0) is 15.8 Å². The average molecular weight is 424 g/mol. The number of imide groups is 1. The van der Waals surface area contributed by atoms with Crippen LogP contribution in [0.25, 0.3) is 22.4 Å². The van der Waals surface area contributed by atoms with Crippen LogP contribution in [0.1, 0.15) is 19.3 Å². The Bertz CT molecular complexity index is 1130. The maximum atomic E-state index is 12.7. The molecular weight excluding hydrogens is 404 g/mol. The molecule has 0 bridgehead atoms. The summed E-state index contributed by atoms with van der Waals surface area (Å²) in [5.74, 6) is 0.243. The maximum absolute atomic E-state index is 12.7. The molecule has 3 amide bonds. The third-order valence-electron chi connectivity index (χ3n) is 5.88. The predicted molar refractivity (Wildman–Crippen MR) is 111 cm³/mol. The fourth-order valence-electron chi connectivity index (χ4n) is 4.33. The number of hydrogen-bond donors (Lipinski definition) is 3. The molecule has 1 spiro atoms. The van der Waals surface area contributed by atoms with Gasteiger partial charge in [-0.2, -0.15) is 0 Å². The molecule has 1 aliphatic heterocycles. The highest BCUT2D eigenvalue weighted by Gasteiger charge is 2.54. The van der Waals surface area contributed by atoms with Gasteiger partial charge in [0.25, 0.3) is 5.91 Å². The number of para-hydroxylation sites is 1. The van der Waals surface area contributed by atoms with Crippen LogP contribution in [0.5, 0.6) is 0 Å². The quantitative estimate of drug-likeness (QED) is 0.545. The van der Waals surface area contributed by atoms with E-state index in [0.717, 1.165) is 23.8 Å². The fourth-order valence-corrected chi connectivity index (χ4v) is 5.19. The van der Waals surface area contributed by atoms with Crippen LogP contribution in [0.4, 0.5) is 4.79 Å². The lowest BCUT2D eigenvalue weighted by Gasteiger charge is -2.28. The van der Waals surface area contributed by atoms with Gasteiger partial charge >= 0.3 is 6.03 Å². The Morgan fingerprint density at radius 1 is 1.23 bits per heavy atom. The standard InChI is InChI=1S/C21H20N4O4S/c26-19-21(25-20(27)24-19)9-3-5-14(21)11-23-30(28)15-7-8-16(22-12-15)18-10-13-4-1-2-6-17(13)29-18/h1-2,4,6-8,10,12,14,23H,3,5,9,11H2,(H2,24,25,26,27). The van der Waals surface area contributed by atoms with Gasteiger partial charge < -0.3 is 9.73 Å². The second kappa shape index (κ2) is 7.33. The Morgan fingerprint density at radius 3 is 2.83 bits per heavy atom. The first-order valence-electron chi connectivity index (χ1n) is 9.79. The zero-order chi connectivity index (χ0) is 20.7. The van der Waals surface area contributed by atoms with Gasteiger partial charge in [0.1, 0.15) is 27.8 Å². The van der Waals surface area contributed by atoms with Gasteiger partial charge in [0.05, 0.1) is 4.90 Å². The van der Waals surface area contributed by atoms with E-state index in [1.165, 1.54) is 0 Å². The van der Waals surface area contributed by atoms with Crippen molar-refractivity contribution in [3.63, 3.8) is 0 Å². The molecule has 3 aromatic rings. The first-order valence-corrected chi connectivity index (χ1v) is 10.9. The molecule has 2 aromatic heterocycles. The van der Waals surface area contributed by atoms with Gasteiger partial charge in [-0.1, -0.05) is 24.6 Å². The number of nitrogens with zero attached hydrogens (tertiary/aromatic N) is 1. The van der Waals surface area contributed by atoms with E-state index in [4.69, 9.17) is 4.42 Å². The van der Waals surface area contributed by atoms with Crippen molar-refractivity contribution in [1.82, 2.24) is 20.3 Å². The van der Waals surface area contributed by atoms with Crippen molar-refractivity contribution in [2.45, 2.75) is 29.7 Å². The Morgan fingerprint density at radius 2 is 2.10 bits per heavy atom. The van der Waals surface area contributed by atoms with Gasteiger partial charge in [-0.05, 0) is 37.1 Å². The zero-order valence-electron chi connectivity index (χ0n) is 16.0. The van der Waals surface area contributed by atoms with E-state index < -0.39 is 22.6 Å². The van der Waals surface area contributed by atoms with Crippen LogP contribution < -0.4 is 15.4 Å². The molecule has 30 heavy (non-hydrogen) atoms. The van der Waals surface area contributed by atoms with Crippen molar-refractivity contribution in [1.29, 1.82) is 0 Å². The van der Waals surface area contributed by atoms with Crippen molar-refractivity contribution in [2.24, 2.45) is 5.92 Å². The van der Waals surface area contributed by atoms with Crippen molar-refractivity contribution in [2.75, 3.05) is 6.54 Å². The Labute approximate surface area is 175 Å². The van der Waals surface area contributed by atoms with Gasteiger partial charge in [0.15, 0.2) is 5.76 Å². The number of carbonyl (C=O) groups excluding carboxylic acids is 2. The zero-order valence-corrected chi connectivity index (χ0v) is 16.8. The monoisotopic (exact) mass is 424 g/mol. The van der Waals surface area contributed by atoms with Gasteiger partial charge in [0.2, 0.25) is 0 Å². The number of urea groups is 1. The molecule has 1 aromatic carbocycles. The number of rotatable bonds is 5. The fraction of sp³-hybridized carbons (Fsp3) is 0.286. The van der Waals surface area contributed by atoms with Crippen LogP contribution in [-0.4, -0.2) is 33.2 Å². The average Bonchev–Trinajstić information content (AvgIpc) is 3.43. The summed E-state index contributed by atoms with van der Waals surface area (Å²) in [7, 11) is -1.48. The van der Waals surface area contributed by atoms with E-state index in [1.54, 1.807) is 18.3 Å². The third kappa shape index (κ3) is 3.20. The van der Waals surface area contributed by atoms with Crippen molar-refractivity contribution in [3.8, 4) is 11.5 Å². The lowest BCUT2D eigenvalue weighted by atomic mass is 9.87. The van der Waals surface area contributed by atoms with Crippen LogP contribution >= 0.6 is 0 Å². The number of furan rings is 1. The van der Waals surface area contributed by atoms with E-state index in [1.807, 2.05) is 30.3 Å². The predicted octanol–water partition coefficient (Wildman–Crippen LogP) is 2.49. The highest BCUT2D eigenvalue weighted by atomic mass is 32.2. The number of carbonyl (C=O) groups is 2. The van der Waals surface area contributed by atoms with Gasteiger partial charge in [-0.3, -0.25) is 15.1 Å². The van der Waals surface area contributed by atoms with Crippen LogP contribution in [0.2, 0.25) is 0 Å². The number of hydrogen-bond acceptors (Lipinski definition) is 5. The lowest BCUT2D eigenvalue weighted by Crippen LogP contribution is -2.52. The molecule has 3 heterocycles. The van der Waals surface area contributed by atoms with Crippen molar-refractivity contribution >= 4 is 33.9 Å². The molecule has 1 saturated carbocycles. The summed E-state index contributed by atoms with van der Waals surface area (Å²) < 4.78 is 21.5. The number of pyridine rings is 1. The molecule has 2 aliphatic rings. The summed E-state index contributed by atoms with van der Waals surface area (Å²) in [6, 6.07) is 12.7. The first kappa shape index (κ1) is 19.0. The normalized spacial score (nSPS) is 24.3. The van der Waals surface area contributed by atoms with E-state index in [-0.39, 0.29) is 11.8 Å². The minimum Gasteiger partial charge on any atom is -0.454 e. The molecule has 0 radical (unpaired) electrons.